The fourth-order valence-corrected chi connectivity index (χ4v) is 3.93. The third-order valence-electron chi connectivity index (χ3n) is 3.86. The molecule has 22 heavy (non-hydrogen) atoms. The number of alkyl halides is 3. The standard InChI is InChI=1S/C13H12F4O4S/c14-9-2-3-10(22(18,19)13(15,16)17)11-8(9)4-5-12(11)20-6-1-7-21-12/h2-3H,1,4-7H2. The molecule has 1 heterocycles. The predicted molar refractivity (Wildman–Crippen MR) is 66.2 cm³/mol. The van der Waals surface area contributed by atoms with Gasteiger partial charge in [-0.2, -0.15) is 13.2 Å². The second-order valence-corrected chi connectivity index (χ2v) is 7.06. The highest BCUT2D eigenvalue weighted by atomic mass is 32.2. The first-order valence-corrected chi connectivity index (χ1v) is 8.08. The largest absolute Gasteiger partial charge is 0.501 e. The molecule has 0 radical (unpaired) electrons. The van der Waals surface area contributed by atoms with E-state index in [0.29, 0.717) is 12.5 Å². The Balaban J connectivity index is 2.26. The third kappa shape index (κ3) is 2.14. The molecule has 4 nitrogen and oxygen atoms in total. The first-order chi connectivity index (χ1) is 10.2. The van der Waals surface area contributed by atoms with Crippen molar-refractivity contribution in [2.24, 2.45) is 0 Å². The van der Waals surface area contributed by atoms with Gasteiger partial charge in [-0.05, 0) is 30.5 Å². The second kappa shape index (κ2) is 4.90. The van der Waals surface area contributed by atoms with Crippen molar-refractivity contribution < 1.29 is 35.5 Å². The maximum absolute atomic E-state index is 13.9. The van der Waals surface area contributed by atoms with Crippen LogP contribution in [0.15, 0.2) is 17.0 Å². The summed E-state index contributed by atoms with van der Waals surface area (Å²) in [5.41, 5.74) is -5.91. The Labute approximate surface area is 123 Å². The van der Waals surface area contributed by atoms with E-state index in [1.54, 1.807) is 0 Å². The van der Waals surface area contributed by atoms with E-state index >= 15 is 0 Å². The van der Waals surface area contributed by atoms with E-state index in [-0.39, 0.29) is 37.2 Å². The molecule has 2 aliphatic rings. The molecule has 0 saturated carbocycles. The lowest BCUT2D eigenvalue weighted by atomic mass is 10.1. The number of halogens is 4. The van der Waals surface area contributed by atoms with Gasteiger partial charge in [-0.15, -0.1) is 0 Å². The van der Waals surface area contributed by atoms with E-state index in [1.165, 1.54) is 0 Å². The molecule has 3 rings (SSSR count). The molecule has 0 N–H and O–H groups in total. The summed E-state index contributed by atoms with van der Waals surface area (Å²) in [6, 6.07) is 1.37. The normalized spacial score (nSPS) is 21.1. The lowest BCUT2D eigenvalue weighted by Crippen LogP contribution is -2.38. The molecule has 1 fully saturated rings. The molecule has 1 spiro atoms. The summed E-state index contributed by atoms with van der Waals surface area (Å²) < 4.78 is 87.0. The highest BCUT2D eigenvalue weighted by Gasteiger charge is 2.54. The van der Waals surface area contributed by atoms with Gasteiger partial charge < -0.3 is 9.47 Å². The van der Waals surface area contributed by atoms with Crippen LogP contribution in [-0.2, 0) is 31.5 Å². The number of rotatable bonds is 1. The van der Waals surface area contributed by atoms with Crippen LogP contribution in [0, 0.1) is 5.82 Å². The van der Waals surface area contributed by atoms with Crippen LogP contribution in [-0.4, -0.2) is 27.1 Å². The van der Waals surface area contributed by atoms with Gasteiger partial charge in [0.15, 0.2) is 5.79 Å². The van der Waals surface area contributed by atoms with Crippen molar-refractivity contribution in [3.05, 3.63) is 29.1 Å². The molecule has 0 atom stereocenters. The van der Waals surface area contributed by atoms with Crippen molar-refractivity contribution in [2.75, 3.05) is 13.2 Å². The number of fused-ring (bicyclic) bond motifs is 2. The van der Waals surface area contributed by atoms with Crippen molar-refractivity contribution in [1.29, 1.82) is 0 Å². The fraction of sp³-hybridized carbons (Fsp3) is 0.538. The van der Waals surface area contributed by atoms with E-state index in [0.717, 1.165) is 6.07 Å². The zero-order chi connectivity index (χ0) is 16.2. The molecule has 1 aliphatic carbocycles. The molecular formula is C13H12F4O4S. The van der Waals surface area contributed by atoms with Crippen LogP contribution in [0.5, 0.6) is 0 Å². The van der Waals surface area contributed by atoms with Gasteiger partial charge in [0.2, 0.25) is 0 Å². The Hall–Kier alpha value is -1.19. The van der Waals surface area contributed by atoms with Crippen molar-refractivity contribution in [3.63, 3.8) is 0 Å². The molecule has 0 amide bonds. The average Bonchev–Trinajstić information content (AvgIpc) is 2.79. The summed E-state index contributed by atoms with van der Waals surface area (Å²) >= 11 is 0. The highest BCUT2D eigenvalue weighted by Crippen LogP contribution is 2.48. The van der Waals surface area contributed by atoms with Crippen molar-refractivity contribution in [1.82, 2.24) is 0 Å². The van der Waals surface area contributed by atoms with Crippen LogP contribution in [0.2, 0.25) is 0 Å². The first kappa shape index (κ1) is 15.7. The number of ether oxygens (including phenoxy) is 2. The molecule has 0 aromatic heterocycles. The Morgan fingerprint density at radius 3 is 2.36 bits per heavy atom. The average molecular weight is 340 g/mol. The molecule has 0 unspecified atom stereocenters. The topological polar surface area (TPSA) is 52.6 Å². The van der Waals surface area contributed by atoms with E-state index in [1.807, 2.05) is 0 Å². The Morgan fingerprint density at radius 2 is 1.77 bits per heavy atom. The van der Waals surface area contributed by atoms with E-state index < -0.39 is 31.8 Å². The molecule has 1 aromatic rings. The van der Waals surface area contributed by atoms with Crippen LogP contribution in [0.3, 0.4) is 0 Å². The third-order valence-corrected chi connectivity index (χ3v) is 5.38. The smallest absolute Gasteiger partial charge is 0.346 e. The summed E-state index contributed by atoms with van der Waals surface area (Å²) in [5.74, 6) is -2.37. The van der Waals surface area contributed by atoms with Gasteiger partial charge in [-0.1, -0.05) is 0 Å². The van der Waals surface area contributed by atoms with Gasteiger partial charge in [-0.25, -0.2) is 12.8 Å². The van der Waals surface area contributed by atoms with E-state index in [9.17, 15) is 26.0 Å². The van der Waals surface area contributed by atoms with Gasteiger partial charge in [-0.3, -0.25) is 0 Å². The minimum absolute atomic E-state index is 0.0579. The SMILES string of the molecule is O=S(=O)(c1ccc(F)c2c1C1(CC2)OCCCO1)C(F)(F)F. The zero-order valence-electron chi connectivity index (χ0n) is 11.2. The van der Waals surface area contributed by atoms with E-state index in [2.05, 4.69) is 0 Å². The lowest BCUT2D eigenvalue weighted by Gasteiger charge is -2.35. The first-order valence-electron chi connectivity index (χ1n) is 6.60. The summed E-state index contributed by atoms with van der Waals surface area (Å²) in [5, 5.41) is 0. The monoisotopic (exact) mass is 340 g/mol. The molecule has 1 aromatic carbocycles. The molecule has 1 aliphatic heterocycles. The Morgan fingerprint density at radius 1 is 1.14 bits per heavy atom. The fourth-order valence-electron chi connectivity index (χ4n) is 2.89. The maximum Gasteiger partial charge on any atom is 0.501 e. The molecule has 1 saturated heterocycles. The quantitative estimate of drug-likeness (QED) is 0.583. The van der Waals surface area contributed by atoms with Crippen LogP contribution >= 0.6 is 0 Å². The second-order valence-electron chi connectivity index (χ2n) is 5.15. The Bertz CT molecular complexity index is 705. The minimum atomic E-state index is -5.62. The number of benzene rings is 1. The van der Waals surface area contributed by atoms with Gasteiger partial charge >= 0.3 is 5.51 Å². The number of sulfone groups is 1. The van der Waals surface area contributed by atoms with Crippen LogP contribution in [0.4, 0.5) is 17.6 Å². The van der Waals surface area contributed by atoms with Gasteiger partial charge in [0, 0.05) is 12.0 Å². The van der Waals surface area contributed by atoms with Gasteiger partial charge in [0.1, 0.15) is 5.82 Å². The molecule has 0 bridgehead atoms. The van der Waals surface area contributed by atoms with Crippen molar-refractivity contribution in [3.8, 4) is 0 Å². The van der Waals surface area contributed by atoms with Gasteiger partial charge in [0.25, 0.3) is 9.84 Å². The van der Waals surface area contributed by atoms with Gasteiger partial charge in [0.05, 0.1) is 18.1 Å². The van der Waals surface area contributed by atoms with Crippen LogP contribution in [0.1, 0.15) is 24.0 Å². The predicted octanol–water partition coefficient (Wildman–Crippen LogP) is 2.66. The Kier molecular flexibility index (Phi) is 3.50. The minimum Gasteiger partial charge on any atom is -0.346 e. The van der Waals surface area contributed by atoms with E-state index in [4.69, 9.17) is 9.47 Å². The maximum atomic E-state index is 13.9. The molecule has 9 heteroatoms. The zero-order valence-corrected chi connectivity index (χ0v) is 12.1. The summed E-state index contributed by atoms with van der Waals surface area (Å²) in [6.45, 7) is 0.420. The van der Waals surface area contributed by atoms with Crippen molar-refractivity contribution in [2.45, 2.75) is 35.5 Å². The summed E-state index contributed by atoms with van der Waals surface area (Å²) in [4.78, 5) is -0.990. The number of hydrogen-bond donors (Lipinski definition) is 0. The summed E-state index contributed by atoms with van der Waals surface area (Å²) in [7, 11) is -5.62. The molecular weight excluding hydrogens is 328 g/mol. The number of hydrogen-bond acceptors (Lipinski definition) is 4. The van der Waals surface area contributed by atoms with Crippen LogP contribution < -0.4 is 0 Å². The van der Waals surface area contributed by atoms with Crippen molar-refractivity contribution >= 4 is 9.84 Å². The highest BCUT2D eigenvalue weighted by molar-refractivity contribution is 7.92. The molecule has 122 valence electrons. The summed E-state index contributed by atoms with van der Waals surface area (Å²) in [6.07, 6.45) is 0.680. The lowest BCUT2D eigenvalue weighted by molar-refractivity contribution is -0.275. The van der Waals surface area contributed by atoms with Crippen LogP contribution in [0.25, 0.3) is 0 Å².